The lowest BCUT2D eigenvalue weighted by molar-refractivity contribution is 0.409. The van der Waals surface area contributed by atoms with Crippen molar-refractivity contribution in [2.45, 2.75) is 12.5 Å². The molecule has 15 heavy (non-hydrogen) atoms. The van der Waals surface area contributed by atoms with Crippen molar-refractivity contribution < 1.29 is 0 Å². The molecule has 81 valence electrons. The van der Waals surface area contributed by atoms with Gasteiger partial charge < -0.3 is 15.5 Å². The predicted octanol–water partition coefficient (Wildman–Crippen LogP) is 1.21. The molecule has 0 aromatic heterocycles. The van der Waals surface area contributed by atoms with Gasteiger partial charge in [-0.25, -0.2) is 0 Å². The number of nitrogens with zero attached hydrogens (tertiary/aromatic N) is 2. The first-order valence-corrected chi connectivity index (χ1v) is 5.35. The zero-order valence-corrected chi connectivity index (χ0v) is 9.40. The third-order valence-corrected chi connectivity index (χ3v) is 3.13. The van der Waals surface area contributed by atoms with Crippen LogP contribution in [-0.2, 0) is 0 Å². The molecule has 1 aromatic rings. The van der Waals surface area contributed by atoms with Gasteiger partial charge in [-0.2, -0.15) is 0 Å². The second-order valence-electron chi connectivity index (χ2n) is 4.32. The second kappa shape index (κ2) is 4.11. The normalized spacial score (nSPS) is 21.9. The third-order valence-electron chi connectivity index (χ3n) is 3.13. The summed E-state index contributed by atoms with van der Waals surface area (Å²) in [6.45, 7) is 2.32. The Morgan fingerprint density at radius 1 is 1.60 bits per heavy atom. The van der Waals surface area contributed by atoms with E-state index < -0.39 is 0 Å². The number of hydrogen-bond acceptors (Lipinski definition) is 3. The fourth-order valence-corrected chi connectivity index (χ4v) is 2.13. The summed E-state index contributed by atoms with van der Waals surface area (Å²) in [7, 11) is 4.31. The van der Waals surface area contributed by atoms with E-state index in [2.05, 4.69) is 36.0 Å². The number of anilines is 2. The summed E-state index contributed by atoms with van der Waals surface area (Å²) in [6.07, 6.45) is 1.23. The third kappa shape index (κ3) is 2.23. The Kier molecular flexibility index (Phi) is 2.82. The number of likely N-dealkylation sites (N-methyl/N-ethyl adjacent to an activating group) is 2. The Bertz CT molecular complexity index is 337. The van der Waals surface area contributed by atoms with Crippen molar-refractivity contribution in [1.29, 1.82) is 0 Å². The van der Waals surface area contributed by atoms with Crippen LogP contribution >= 0.6 is 0 Å². The van der Waals surface area contributed by atoms with E-state index in [1.165, 1.54) is 18.7 Å². The summed E-state index contributed by atoms with van der Waals surface area (Å²) in [4.78, 5) is 4.67. The lowest BCUT2D eigenvalue weighted by Gasteiger charge is -2.26. The van der Waals surface area contributed by atoms with E-state index in [-0.39, 0.29) is 0 Å². The molecule has 3 nitrogen and oxygen atoms in total. The van der Waals surface area contributed by atoms with E-state index in [4.69, 9.17) is 5.73 Å². The minimum Gasteiger partial charge on any atom is -0.398 e. The molecular formula is C12H18N3. The molecule has 2 N–H and O–H groups in total. The maximum absolute atomic E-state index is 5.73. The first kappa shape index (κ1) is 10.3. The van der Waals surface area contributed by atoms with Crippen LogP contribution < -0.4 is 10.6 Å². The van der Waals surface area contributed by atoms with Gasteiger partial charge in [0, 0.05) is 37.1 Å². The summed E-state index contributed by atoms with van der Waals surface area (Å²) in [5.74, 6) is 0. The van der Waals surface area contributed by atoms with Crippen LogP contribution in [0.15, 0.2) is 18.2 Å². The van der Waals surface area contributed by atoms with Crippen LogP contribution in [0.25, 0.3) is 0 Å². The van der Waals surface area contributed by atoms with Gasteiger partial charge in [-0.15, -0.1) is 0 Å². The Morgan fingerprint density at radius 3 is 3.00 bits per heavy atom. The van der Waals surface area contributed by atoms with E-state index in [9.17, 15) is 0 Å². The van der Waals surface area contributed by atoms with Gasteiger partial charge in [0.05, 0.1) is 0 Å². The molecule has 2 rings (SSSR count). The minimum atomic E-state index is 0.608. The molecule has 1 aliphatic heterocycles. The van der Waals surface area contributed by atoms with Crippen LogP contribution in [0, 0.1) is 6.07 Å². The first-order chi connectivity index (χ1) is 7.16. The van der Waals surface area contributed by atoms with Crippen molar-refractivity contribution in [3.05, 3.63) is 24.3 Å². The number of likely N-dealkylation sites (tertiary alicyclic amines) is 1. The molecule has 0 bridgehead atoms. The summed E-state index contributed by atoms with van der Waals surface area (Å²) in [6, 6.07) is 9.51. The van der Waals surface area contributed by atoms with Crippen molar-refractivity contribution in [2.24, 2.45) is 0 Å². The Balaban J connectivity index is 2.10. The molecule has 1 atom stereocenters. The van der Waals surface area contributed by atoms with E-state index in [0.29, 0.717) is 11.7 Å². The van der Waals surface area contributed by atoms with Gasteiger partial charge in [0.15, 0.2) is 0 Å². The summed E-state index contributed by atoms with van der Waals surface area (Å²) >= 11 is 0. The van der Waals surface area contributed by atoms with Gasteiger partial charge in [-0.1, -0.05) is 6.07 Å². The molecule has 1 aliphatic rings. The smallest absolute Gasteiger partial charge is 0.0425 e. The summed E-state index contributed by atoms with van der Waals surface area (Å²) in [5.41, 5.74) is 7.63. The maximum Gasteiger partial charge on any atom is 0.0425 e. The predicted molar refractivity (Wildman–Crippen MR) is 64.0 cm³/mol. The maximum atomic E-state index is 5.73. The number of nitrogen functional groups attached to an aromatic ring is 1. The summed E-state index contributed by atoms with van der Waals surface area (Å²) < 4.78 is 0. The lowest BCUT2D eigenvalue weighted by Crippen LogP contribution is -2.33. The highest BCUT2D eigenvalue weighted by molar-refractivity contribution is 5.55. The second-order valence-corrected chi connectivity index (χ2v) is 4.32. The lowest BCUT2D eigenvalue weighted by atomic mass is 10.2. The molecule has 0 aliphatic carbocycles. The highest BCUT2D eigenvalue weighted by atomic mass is 15.2. The van der Waals surface area contributed by atoms with Crippen molar-refractivity contribution >= 4 is 11.4 Å². The topological polar surface area (TPSA) is 32.5 Å². The van der Waals surface area contributed by atoms with Crippen molar-refractivity contribution in [2.75, 3.05) is 37.8 Å². The van der Waals surface area contributed by atoms with E-state index >= 15 is 0 Å². The molecule has 1 heterocycles. The molecule has 0 saturated carbocycles. The Hall–Kier alpha value is -1.22. The van der Waals surface area contributed by atoms with Gasteiger partial charge in [0.25, 0.3) is 0 Å². The molecule has 1 radical (unpaired) electrons. The van der Waals surface area contributed by atoms with Crippen molar-refractivity contribution in [1.82, 2.24) is 4.90 Å². The molecular weight excluding hydrogens is 186 g/mol. The zero-order valence-electron chi connectivity index (χ0n) is 9.40. The number of rotatable bonds is 2. The average Bonchev–Trinajstić information content (AvgIpc) is 2.64. The van der Waals surface area contributed by atoms with Gasteiger partial charge in [0.1, 0.15) is 0 Å². The molecule has 1 fully saturated rings. The van der Waals surface area contributed by atoms with Gasteiger partial charge >= 0.3 is 0 Å². The Morgan fingerprint density at radius 2 is 2.40 bits per heavy atom. The molecule has 0 amide bonds. The van der Waals surface area contributed by atoms with Crippen LogP contribution in [0.4, 0.5) is 11.4 Å². The van der Waals surface area contributed by atoms with Gasteiger partial charge in [-0.05, 0) is 32.1 Å². The fraction of sp³-hybridized carbons (Fsp3) is 0.500. The monoisotopic (exact) mass is 204 g/mol. The zero-order chi connectivity index (χ0) is 10.8. The molecule has 1 saturated heterocycles. The van der Waals surface area contributed by atoms with Crippen LogP contribution in [0.2, 0.25) is 0 Å². The van der Waals surface area contributed by atoms with Crippen molar-refractivity contribution in [3.63, 3.8) is 0 Å². The van der Waals surface area contributed by atoms with E-state index in [0.717, 1.165) is 6.54 Å². The molecule has 3 heteroatoms. The number of hydrogen-bond donors (Lipinski definition) is 1. The Labute approximate surface area is 91.5 Å². The van der Waals surface area contributed by atoms with Crippen molar-refractivity contribution in [3.8, 4) is 0 Å². The van der Waals surface area contributed by atoms with Gasteiger partial charge in [0.2, 0.25) is 0 Å². The molecule has 1 unspecified atom stereocenters. The van der Waals surface area contributed by atoms with Crippen LogP contribution in [0.1, 0.15) is 6.42 Å². The van der Waals surface area contributed by atoms with Crippen LogP contribution in [0.5, 0.6) is 0 Å². The van der Waals surface area contributed by atoms with Crippen LogP contribution in [-0.4, -0.2) is 38.1 Å². The average molecular weight is 204 g/mol. The standard InChI is InChI=1S/C12H18N3/c1-14-7-6-12(9-14)15(2)11-5-3-4-10(13)8-11/h3,5,8,12H,6-7,9,13H2,1-2H3. The largest absolute Gasteiger partial charge is 0.398 e. The van der Waals surface area contributed by atoms with E-state index in [1.54, 1.807) is 0 Å². The SMILES string of the molecule is CN1CCC(N(C)c2cc[c]c(N)c2)C1. The minimum absolute atomic E-state index is 0.608. The highest BCUT2D eigenvalue weighted by Gasteiger charge is 2.23. The molecule has 1 aromatic carbocycles. The quantitative estimate of drug-likeness (QED) is 0.735. The highest BCUT2D eigenvalue weighted by Crippen LogP contribution is 2.22. The summed E-state index contributed by atoms with van der Waals surface area (Å²) in [5, 5.41) is 0. The fourth-order valence-electron chi connectivity index (χ4n) is 2.13. The van der Waals surface area contributed by atoms with E-state index in [1.807, 2.05) is 12.1 Å². The number of nitrogens with two attached hydrogens (primary N) is 1. The first-order valence-electron chi connectivity index (χ1n) is 5.35. The van der Waals surface area contributed by atoms with Crippen LogP contribution in [0.3, 0.4) is 0 Å². The molecule has 0 spiro atoms. The van der Waals surface area contributed by atoms with Gasteiger partial charge in [-0.3, -0.25) is 0 Å². The number of benzene rings is 1.